The van der Waals surface area contributed by atoms with Gasteiger partial charge in [0, 0.05) is 5.02 Å². The van der Waals surface area contributed by atoms with Gasteiger partial charge in [-0.05, 0) is 48.4 Å². The average Bonchev–Trinajstić information content (AvgIpc) is 2.43. The zero-order valence-electron chi connectivity index (χ0n) is 11.2. The number of nitrogens with zero attached hydrogens (tertiary/aromatic N) is 1. The summed E-state index contributed by atoms with van der Waals surface area (Å²) in [6, 6.07) is 10.7. The topological polar surface area (TPSA) is 53.8 Å². The third-order valence-corrected chi connectivity index (χ3v) is 3.19. The Hall–Kier alpha value is -2.20. The molecule has 2 aromatic carbocycles. The van der Waals surface area contributed by atoms with E-state index >= 15 is 0 Å². The SMILES string of the molecule is COc1ccc(/C=N\Nc2ccc(C)c(Cl)c2)cc1O. The Bertz CT molecular complexity index is 642. The van der Waals surface area contributed by atoms with E-state index in [0.29, 0.717) is 10.8 Å². The molecule has 20 heavy (non-hydrogen) atoms. The van der Waals surface area contributed by atoms with Gasteiger partial charge in [-0.3, -0.25) is 5.43 Å². The molecule has 0 atom stereocenters. The van der Waals surface area contributed by atoms with Crippen molar-refractivity contribution in [2.24, 2.45) is 5.10 Å². The molecule has 0 aliphatic heterocycles. The summed E-state index contributed by atoms with van der Waals surface area (Å²) in [5, 5.41) is 14.4. The molecule has 0 fully saturated rings. The molecule has 4 nitrogen and oxygen atoms in total. The van der Waals surface area contributed by atoms with Crippen molar-refractivity contribution in [2.75, 3.05) is 12.5 Å². The van der Waals surface area contributed by atoms with Crippen LogP contribution in [0.5, 0.6) is 11.5 Å². The summed E-state index contributed by atoms with van der Waals surface area (Å²) < 4.78 is 4.97. The Morgan fingerprint density at radius 2 is 2.05 bits per heavy atom. The molecule has 0 saturated heterocycles. The average molecular weight is 291 g/mol. The van der Waals surface area contributed by atoms with Crippen molar-refractivity contribution in [2.45, 2.75) is 6.92 Å². The van der Waals surface area contributed by atoms with Crippen molar-refractivity contribution in [3.8, 4) is 11.5 Å². The van der Waals surface area contributed by atoms with Gasteiger partial charge in [-0.25, -0.2) is 0 Å². The minimum absolute atomic E-state index is 0.0785. The van der Waals surface area contributed by atoms with Crippen molar-refractivity contribution in [1.29, 1.82) is 0 Å². The minimum atomic E-state index is 0.0785. The van der Waals surface area contributed by atoms with Gasteiger partial charge in [-0.15, -0.1) is 0 Å². The first kappa shape index (κ1) is 14.2. The van der Waals surface area contributed by atoms with E-state index in [1.54, 1.807) is 30.5 Å². The van der Waals surface area contributed by atoms with Crippen LogP contribution in [-0.4, -0.2) is 18.4 Å². The van der Waals surface area contributed by atoms with Gasteiger partial charge in [0.1, 0.15) is 0 Å². The quantitative estimate of drug-likeness (QED) is 0.665. The van der Waals surface area contributed by atoms with Crippen LogP contribution < -0.4 is 10.2 Å². The molecular formula is C15H15ClN2O2. The first-order chi connectivity index (χ1) is 9.60. The molecule has 5 heteroatoms. The highest BCUT2D eigenvalue weighted by Gasteiger charge is 2.00. The van der Waals surface area contributed by atoms with Gasteiger partial charge < -0.3 is 9.84 Å². The van der Waals surface area contributed by atoms with Crippen LogP contribution in [-0.2, 0) is 0 Å². The highest BCUT2D eigenvalue weighted by molar-refractivity contribution is 6.31. The lowest BCUT2D eigenvalue weighted by atomic mass is 10.2. The minimum Gasteiger partial charge on any atom is -0.504 e. The molecule has 0 amide bonds. The molecule has 0 aromatic heterocycles. The summed E-state index contributed by atoms with van der Waals surface area (Å²) in [6.45, 7) is 1.94. The standard InChI is InChI=1S/C15H15ClN2O2/c1-10-3-5-12(8-13(10)16)18-17-9-11-4-6-15(20-2)14(19)7-11/h3-9,18-19H,1-2H3/b17-9-. The van der Waals surface area contributed by atoms with Crippen LogP contribution in [0.25, 0.3) is 0 Å². The number of aryl methyl sites for hydroxylation is 1. The lowest BCUT2D eigenvalue weighted by Crippen LogP contribution is -1.92. The second-order valence-corrected chi connectivity index (χ2v) is 4.67. The second-order valence-electron chi connectivity index (χ2n) is 4.27. The summed E-state index contributed by atoms with van der Waals surface area (Å²) >= 11 is 6.03. The van der Waals surface area contributed by atoms with E-state index in [1.165, 1.54) is 7.11 Å². The van der Waals surface area contributed by atoms with Gasteiger partial charge in [0.05, 0.1) is 19.0 Å². The van der Waals surface area contributed by atoms with Crippen LogP contribution in [0.4, 0.5) is 5.69 Å². The molecule has 0 radical (unpaired) electrons. The van der Waals surface area contributed by atoms with E-state index in [2.05, 4.69) is 10.5 Å². The van der Waals surface area contributed by atoms with Gasteiger partial charge in [0.2, 0.25) is 0 Å². The molecular weight excluding hydrogens is 276 g/mol. The predicted molar refractivity (Wildman–Crippen MR) is 82.1 cm³/mol. The van der Waals surface area contributed by atoms with Crippen LogP contribution in [0.3, 0.4) is 0 Å². The number of aromatic hydroxyl groups is 1. The summed E-state index contributed by atoms with van der Waals surface area (Å²) in [4.78, 5) is 0. The largest absolute Gasteiger partial charge is 0.504 e. The van der Waals surface area contributed by atoms with E-state index in [9.17, 15) is 5.11 Å². The maximum Gasteiger partial charge on any atom is 0.160 e. The molecule has 0 unspecified atom stereocenters. The lowest BCUT2D eigenvalue weighted by Gasteiger charge is -2.04. The lowest BCUT2D eigenvalue weighted by molar-refractivity contribution is 0.373. The van der Waals surface area contributed by atoms with Crippen molar-refractivity contribution in [3.05, 3.63) is 52.5 Å². The van der Waals surface area contributed by atoms with Crippen LogP contribution in [0, 0.1) is 6.92 Å². The number of halogens is 1. The number of phenols is 1. The summed E-state index contributed by atoms with van der Waals surface area (Å²) in [5.41, 5.74) is 5.46. The second kappa shape index (κ2) is 6.30. The maximum absolute atomic E-state index is 9.65. The first-order valence-electron chi connectivity index (χ1n) is 6.02. The summed E-state index contributed by atoms with van der Waals surface area (Å²) in [5.74, 6) is 0.509. The summed E-state index contributed by atoms with van der Waals surface area (Å²) in [6.07, 6.45) is 1.60. The number of ether oxygens (including phenoxy) is 1. The van der Waals surface area contributed by atoms with Crippen LogP contribution in [0.2, 0.25) is 5.02 Å². The third-order valence-electron chi connectivity index (χ3n) is 2.78. The Morgan fingerprint density at radius 1 is 1.25 bits per heavy atom. The maximum atomic E-state index is 9.65. The van der Waals surface area contributed by atoms with E-state index in [4.69, 9.17) is 16.3 Å². The van der Waals surface area contributed by atoms with Crippen molar-refractivity contribution < 1.29 is 9.84 Å². The van der Waals surface area contributed by atoms with Crippen LogP contribution >= 0.6 is 11.6 Å². The molecule has 0 spiro atoms. The monoisotopic (exact) mass is 290 g/mol. The highest BCUT2D eigenvalue weighted by atomic mass is 35.5. The number of nitrogens with one attached hydrogen (secondary N) is 1. The molecule has 0 bridgehead atoms. The fourth-order valence-corrected chi connectivity index (χ4v) is 1.81. The first-order valence-corrected chi connectivity index (χ1v) is 6.40. The van der Waals surface area contributed by atoms with Gasteiger partial charge in [-0.1, -0.05) is 17.7 Å². The molecule has 2 aromatic rings. The Kier molecular flexibility index (Phi) is 4.48. The summed E-state index contributed by atoms with van der Waals surface area (Å²) in [7, 11) is 1.51. The Morgan fingerprint density at radius 3 is 2.70 bits per heavy atom. The zero-order chi connectivity index (χ0) is 14.5. The van der Waals surface area contributed by atoms with Gasteiger partial charge >= 0.3 is 0 Å². The van der Waals surface area contributed by atoms with Gasteiger partial charge in [-0.2, -0.15) is 5.10 Å². The zero-order valence-corrected chi connectivity index (χ0v) is 12.0. The van der Waals surface area contributed by atoms with E-state index < -0.39 is 0 Å². The number of hydrazone groups is 1. The van der Waals surface area contributed by atoms with Crippen LogP contribution in [0.1, 0.15) is 11.1 Å². The normalized spacial score (nSPS) is 10.8. The smallest absolute Gasteiger partial charge is 0.160 e. The number of benzene rings is 2. The third kappa shape index (κ3) is 3.42. The number of phenolic OH excluding ortho intramolecular Hbond substituents is 1. The number of methoxy groups -OCH3 is 1. The van der Waals surface area contributed by atoms with Crippen LogP contribution in [0.15, 0.2) is 41.5 Å². The van der Waals surface area contributed by atoms with Gasteiger partial charge in [0.15, 0.2) is 11.5 Å². The Labute approximate surface area is 122 Å². The molecule has 2 rings (SSSR count). The fraction of sp³-hybridized carbons (Fsp3) is 0.133. The fourth-order valence-electron chi connectivity index (χ4n) is 1.63. The van der Waals surface area contributed by atoms with Crippen molar-refractivity contribution >= 4 is 23.5 Å². The van der Waals surface area contributed by atoms with Crippen molar-refractivity contribution in [3.63, 3.8) is 0 Å². The molecule has 0 saturated carbocycles. The number of anilines is 1. The molecule has 104 valence electrons. The van der Waals surface area contributed by atoms with E-state index in [-0.39, 0.29) is 5.75 Å². The number of rotatable bonds is 4. The molecule has 0 aliphatic rings. The molecule has 2 N–H and O–H groups in total. The van der Waals surface area contributed by atoms with E-state index in [0.717, 1.165) is 16.8 Å². The predicted octanol–water partition coefficient (Wildman–Crippen LogP) is 3.81. The Balaban J connectivity index is 2.06. The molecule has 0 heterocycles. The van der Waals surface area contributed by atoms with Crippen molar-refractivity contribution in [1.82, 2.24) is 0 Å². The molecule has 0 aliphatic carbocycles. The van der Waals surface area contributed by atoms with Gasteiger partial charge in [0.25, 0.3) is 0 Å². The highest BCUT2D eigenvalue weighted by Crippen LogP contribution is 2.25. The number of hydrogen-bond acceptors (Lipinski definition) is 4. The number of hydrogen-bond donors (Lipinski definition) is 2. The van der Waals surface area contributed by atoms with E-state index in [1.807, 2.05) is 19.1 Å².